The van der Waals surface area contributed by atoms with Crippen LogP contribution in [-0.4, -0.2) is 39.3 Å². The van der Waals surface area contributed by atoms with Crippen LogP contribution in [0.4, 0.5) is 4.39 Å². The lowest BCUT2D eigenvalue weighted by atomic mass is 10.0. The van der Waals surface area contributed by atoms with Gasteiger partial charge in [0, 0.05) is 48.2 Å². The number of carbonyl (C=O) groups excluding carboxylic acids is 1. The Labute approximate surface area is 188 Å². The van der Waals surface area contributed by atoms with Crippen LogP contribution in [0.15, 0.2) is 55.0 Å². The number of thiophene rings is 1. The fourth-order valence-electron chi connectivity index (χ4n) is 4.10. The highest BCUT2D eigenvalue weighted by Gasteiger charge is 2.25. The first-order valence-corrected chi connectivity index (χ1v) is 11.2. The maximum absolute atomic E-state index is 14.4. The van der Waals surface area contributed by atoms with Gasteiger partial charge in [0.2, 0.25) is 0 Å². The lowest BCUT2D eigenvalue weighted by Gasteiger charge is -2.30. The van der Waals surface area contributed by atoms with E-state index in [-0.39, 0.29) is 17.5 Å². The van der Waals surface area contributed by atoms with Crippen LogP contribution in [0.25, 0.3) is 27.2 Å². The Bertz CT molecular complexity index is 1370. The number of hydrogen-bond donors (Lipinski definition) is 1. The first-order chi connectivity index (χ1) is 15.5. The number of likely N-dealkylation sites (tertiary alicyclic amines) is 1. The zero-order chi connectivity index (χ0) is 22.2. The minimum atomic E-state index is -0.583. The van der Waals surface area contributed by atoms with Crippen molar-refractivity contribution in [3.8, 4) is 27.6 Å². The fourth-order valence-corrected chi connectivity index (χ4v) is 5.24. The van der Waals surface area contributed by atoms with Gasteiger partial charge in [-0.25, -0.2) is 9.37 Å². The lowest BCUT2D eigenvalue weighted by molar-refractivity contribution is 0.0714. The number of fused-ring (bicyclic) bond motifs is 1. The average molecular weight is 446 g/mol. The number of benzene rings is 1. The second-order valence-electron chi connectivity index (χ2n) is 7.92. The smallest absolute Gasteiger partial charge is 0.264 e. The maximum atomic E-state index is 14.4. The van der Waals surface area contributed by atoms with E-state index in [1.165, 1.54) is 23.5 Å². The van der Waals surface area contributed by atoms with Gasteiger partial charge in [-0.1, -0.05) is 6.07 Å². The van der Waals surface area contributed by atoms with Crippen LogP contribution in [0.3, 0.4) is 0 Å². The predicted octanol–water partition coefficient (Wildman–Crippen LogP) is 4.30. The molecule has 32 heavy (non-hydrogen) atoms. The molecule has 1 aromatic carbocycles. The summed E-state index contributed by atoms with van der Waals surface area (Å²) in [7, 11) is 0. The van der Waals surface area contributed by atoms with Crippen LogP contribution in [0.5, 0.6) is 0 Å². The minimum absolute atomic E-state index is 0.0112. The number of rotatable bonds is 3. The largest absolute Gasteiger partial charge is 0.336 e. The Morgan fingerprint density at radius 3 is 2.88 bits per heavy atom. The van der Waals surface area contributed by atoms with Crippen molar-refractivity contribution in [3.63, 3.8) is 0 Å². The summed E-state index contributed by atoms with van der Waals surface area (Å²) in [4.78, 5) is 20.8. The highest BCUT2D eigenvalue weighted by molar-refractivity contribution is 7.18. The second kappa shape index (κ2) is 8.19. The van der Waals surface area contributed by atoms with Gasteiger partial charge in [0.1, 0.15) is 17.5 Å². The molecule has 3 aromatic heterocycles. The van der Waals surface area contributed by atoms with Gasteiger partial charge in [0.15, 0.2) is 0 Å². The summed E-state index contributed by atoms with van der Waals surface area (Å²) < 4.78 is 16.3. The van der Waals surface area contributed by atoms with Crippen LogP contribution in [0.2, 0.25) is 0 Å². The molecule has 1 saturated heterocycles. The molecule has 1 atom stereocenters. The van der Waals surface area contributed by atoms with Gasteiger partial charge in [0.05, 0.1) is 10.4 Å². The molecule has 0 unspecified atom stereocenters. The van der Waals surface area contributed by atoms with E-state index in [0.29, 0.717) is 23.5 Å². The predicted molar refractivity (Wildman–Crippen MR) is 122 cm³/mol. The van der Waals surface area contributed by atoms with E-state index in [2.05, 4.69) is 4.98 Å². The third kappa shape index (κ3) is 3.66. The normalized spacial score (nSPS) is 16.3. The van der Waals surface area contributed by atoms with E-state index < -0.39 is 5.82 Å². The van der Waals surface area contributed by atoms with Crippen molar-refractivity contribution >= 4 is 22.9 Å². The van der Waals surface area contributed by atoms with Crippen molar-refractivity contribution in [1.82, 2.24) is 14.3 Å². The standard InChI is InChI=1S/C24H20FN5OS/c25-20-10-15(3-4-17(20)13-26)19-12-21(24(31)30-7-1-2-18(27)14-30)32-23(19)16-5-8-29-9-6-28-22(29)11-16/h3-6,8-12,18H,1-2,7,14,27H2/t18-/m1/s1. The average Bonchev–Trinajstić information content (AvgIpc) is 3.45. The summed E-state index contributed by atoms with van der Waals surface area (Å²) in [5, 5.41) is 9.08. The molecule has 0 bridgehead atoms. The third-order valence-electron chi connectivity index (χ3n) is 5.75. The van der Waals surface area contributed by atoms with E-state index in [9.17, 15) is 9.18 Å². The lowest BCUT2D eigenvalue weighted by Crippen LogP contribution is -2.45. The SMILES string of the molecule is N#Cc1ccc(-c2cc(C(=O)N3CCC[C@@H](N)C3)sc2-c2ccn3ccnc3c2)cc1F. The Kier molecular flexibility index (Phi) is 5.21. The van der Waals surface area contributed by atoms with Crippen LogP contribution >= 0.6 is 11.3 Å². The first kappa shape index (κ1) is 20.4. The number of hydrogen-bond acceptors (Lipinski definition) is 5. The number of pyridine rings is 1. The van der Waals surface area contributed by atoms with E-state index in [1.54, 1.807) is 17.2 Å². The first-order valence-electron chi connectivity index (χ1n) is 10.4. The molecule has 1 aliphatic rings. The number of nitriles is 1. The molecule has 4 aromatic rings. The van der Waals surface area contributed by atoms with Crippen LogP contribution in [0, 0.1) is 17.1 Å². The molecule has 0 aliphatic carbocycles. The highest BCUT2D eigenvalue weighted by atomic mass is 32.1. The quantitative estimate of drug-likeness (QED) is 0.509. The molecule has 1 aliphatic heterocycles. The molecule has 0 saturated carbocycles. The van der Waals surface area contributed by atoms with Gasteiger partial charge in [-0.15, -0.1) is 11.3 Å². The summed E-state index contributed by atoms with van der Waals surface area (Å²) in [6, 6.07) is 12.1. The molecular weight excluding hydrogens is 425 g/mol. The molecule has 0 spiro atoms. The van der Waals surface area contributed by atoms with E-state index in [0.717, 1.165) is 34.5 Å². The highest BCUT2D eigenvalue weighted by Crippen LogP contribution is 2.40. The van der Waals surface area contributed by atoms with Gasteiger partial charge < -0.3 is 15.0 Å². The van der Waals surface area contributed by atoms with Crippen molar-refractivity contribution in [2.45, 2.75) is 18.9 Å². The number of amides is 1. The Hall–Kier alpha value is -3.54. The molecule has 5 rings (SSSR count). The second-order valence-corrected chi connectivity index (χ2v) is 8.97. The number of imidazole rings is 1. The number of nitrogens with two attached hydrogens (primary N) is 1. The van der Waals surface area contributed by atoms with Gasteiger partial charge in [-0.05, 0) is 54.3 Å². The van der Waals surface area contributed by atoms with Crippen LogP contribution in [-0.2, 0) is 0 Å². The monoisotopic (exact) mass is 445 g/mol. The Morgan fingerprint density at radius 1 is 1.22 bits per heavy atom. The van der Waals surface area contributed by atoms with Crippen molar-refractivity contribution in [1.29, 1.82) is 5.26 Å². The Balaban J connectivity index is 1.62. The topological polar surface area (TPSA) is 87.4 Å². The zero-order valence-electron chi connectivity index (χ0n) is 17.2. The van der Waals surface area contributed by atoms with Gasteiger partial charge in [-0.2, -0.15) is 5.26 Å². The van der Waals surface area contributed by atoms with Crippen molar-refractivity contribution < 1.29 is 9.18 Å². The molecule has 160 valence electrons. The molecule has 6 nitrogen and oxygen atoms in total. The van der Waals surface area contributed by atoms with E-state index >= 15 is 0 Å². The third-order valence-corrected chi connectivity index (χ3v) is 6.92. The summed E-state index contributed by atoms with van der Waals surface area (Å²) in [6.07, 6.45) is 7.29. The summed E-state index contributed by atoms with van der Waals surface area (Å²) in [6.45, 7) is 1.22. The summed E-state index contributed by atoms with van der Waals surface area (Å²) >= 11 is 1.38. The van der Waals surface area contributed by atoms with E-state index in [4.69, 9.17) is 11.0 Å². The van der Waals surface area contributed by atoms with Crippen LogP contribution in [0.1, 0.15) is 28.1 Å². The Morgan fingerprint density at radius 2 is 2.09 bits per heavy atom. The minimum Gasteiger partial charge on any atom is -0.336 e. The number of piperidine rings is 1. The fraction of sp³-hybridized carbons (Fsp3) is 0.208. The maximum Gasteiger partial charge on any atom is 0.264 e. The number of aromatic nitrogens is 2. The number of nitrogens with zero attached hydrogens (tertiary/aromatic N) is 4. The molecule has 0 radical (unpaired) electrons. The molecular formula is C24H20FN5OS. The van der Waals surface area contributed by atoms with E-state index in [1.807, 2.05) is 41.1 Å². The molecule has 1 fully saturated rings. The zero-order valence-corrected chi connectivity index (χ0v) is 18.0. The van der Waals surface area contributed by atoms with Gasteiger partial charge in [-0.3, -0.25) is 4.79 Å². The van der Waals surface area contributed by atoms with Gasteiger partial charge >= 0.3 is 0 Å². The van der Waals surface area contributed by atoms with Crippen LogP contribution < -0.4 is 5.73 Å². The van der Waals surface area contributed by atoms with Crippen molar-refractivity contribution in [2.75, 3.05) is 13.1 Å². The number of halogens is 1. The molecule has 4 heterocycles. The summed E-state index contributed by atoms with van der Waals surface area (Å²) in [5.74, 6) is -0.644. The van der Waals surface area contributed by atoms with Crippen molar-refractivity contribution in [3.05, 3.63) is 71.2 Å². The molecule has 2 N–H and O–H groups in total. The molecule has 8 heteroatoms. The number of carbonyl (C=O) groups is 1. The molecule has 1 amide bonds. The summed E-state index contributed by atoms with van der Waals surface area (Å²) in [5.41, 5.74) is 9.10. The van der Waals surface area contributed by atoms with Crippen molar-refractivity contribution in [2.24, 2.45) is 5.73 Å². The van der Waals surface area contributed by atoms with Gasteiger partial charge in [0.25, 0.3) is 5.91 Å².